The number of fused-ring (bicyclic) bond motifs is 1. The lowest BCUT2D eigenvalue weighted by Crippen LogP contribution is -2.28. The molecule has 1 heterocycles. The van der Waals surface area contributed by atoms with Crippen molar-refractivity contribution in [1.82, 2.24) is 4.57 Å². The van der Waals surface area contributed by atoms with E-state index in [-0.39, 0.29) is 5.41 Å². The molecule has 0 fully saturated rings. The van der Waals surface area contributed by atoms with Crippen molar-refractivity contribution in [3.63, 3.8) is 0 Å². The van der Waals surface area contributed by atoms with Gasteiger partial charge in [0, 0.05) is 32.1 Å². The molecule has 0 saturated heterocycles. The first-order chi connectivity index (χ1) is 14.2. The van der Waals surface area contributed by atoms with Crippen LogP contribution in [0, 0.1) is 12.3 Å². The number of rotatable bonds is 3. The zero-order valence-electron chi connectivity index (χ0n) is 17.1. The summed E-state index contributed by atoms with van der Waals surface area (Å²) in [4.78, 5) is 17.9. The molecule has 0 aliphatic heterocycles. The molecule has 0 radical (unpaired) electrons. The maximum Gasteiger partial charge on any atom is 0.366 e. The van der Waals surface area contributed by atoms with Crippen LogP contribution in [0.2, 0.25) is 5.02 Å². The van der Waals surface area contributed by atoms with Gasteiger partial charge in [-0.3, -0.25) is 0 Å². The van der Waals surface area contributed by atoms with Gasteiger partial charge in [-0.2, -0.15) is 0 Å². The summed E-state index contributed by atoms with van der Waals surface area (Å²) in [5.41, 5.74) is 5.58. The molecule has 0 amide bonds. The molecule has 0 N–H and O–H groups in total. The Morgan fingerprint density at radius 2 is 1.83 bits per heavy atom. The van der Waals surface area contributed by atoms with Crippen LogP contribution >= 0.6 is 27.5 Å². The van der Waals surface area contributed by atoms with Crippen LogP contribution < -0.4 is 0 Å². The molecular weight excluding hydrogens is 464 g/mol. The smallest absolute Gasteiger partial charge is 0.318 e. The first kappa shape index (κ1) is 20.9. The number of aromatic nitrogens is 1. The number of oxime groups is 1. The van der Waals surface area contributed by atoms with Gasteiger partial charge in [0.15, 0.2) is 0 Å². The van der Waals surface area contributed by atoms with Crippen LogP contribution in [0.5, 0.6) is 0 Å². The summed E-state index contributed by atoms with van der Waals surface area (Å²) in [6.45, 7) is 6.48. The highest BCUT2D eigenvalue weighted by Crippen LogP contribution is 2.38. The molecule has 2 aromatic carbocycles. The van der Waals surface area contributed by atoms with E-state index in [0.29, 0.717) is 15.1 Å². The van der Waals surface area contributed by atoms with Crippen LogP contribution in [0.1, 0.15) is 47.6 Å². The van der Waals surface area contributed by atoms with E-state index in [9.17, 15) is 4.79 Å². The fraction of sp³-hybridized carbons (Fsp3) is 0.250. The molecule has 4 nitrogen and oxygen atoms in total. The third-order valence-corrected chi connectivity index (χ3v) is 6.25. The van der Waals surface area contributed by atoms with E-state index in [0.717, 1.165) is 35.5 Å². The van der Waals surface area contributed by atoms with Gasteiger partial charge in [0.05, 0.1) is 11.3 Å². The Labute approximate surface area is 189 Å². The molecule has 4 rings (SSSR count). The van der Waals surface area contributed by atoms with E-state index in [4.69, 9.17) is 16.4 Å². The second-order valence-electron chi connectivity index (χ2n) is 8.37. The van der Waals surface area contributed by atoms with E-state index >= 15 is 0 Å². The standard InChI is InChI=1S/C24H22BrClN2O2/c1-15-12-19-21(27-30-23(29)18-6-4-5-7-20(18)25)13-24(2,3)14-22(19)28(15)17-10-8-16(26)9-11-17/h4-12H,13-14H2,1-3H3/b27-21+. The van der Waals surface area contributed by atoms with E-state index in [2.05, 4.69) is 52.5 Å². The summed E-state index contributed by atoms with van der Waals surface area (Å²) in [5, 5.41) is 5.02. The van der Waals surface area contributed by atoms with Crippen molar-refractivity contribution in [2.24, 2.45) is 10.6 Å². The largest absolute Gasteiger partial charge is 0.366 e. The molecule has 1 aliphatic rings. The lowest BCUT2D eigenvalue weighted by Gasteiger charge is -2.31. The fourth-order valence-electron chi connectivity index (χ4n) is 3.98. The first-order valence-corrected chi connectivity index (χ1v) is 10.9. The van der Waals surface area contributed by atoms with Crippen LogP contribution in [-0.2, 0) is 11.3 Å². The number of hydrogen-bond acceptors (Lipinski definition) is 3. The molecule has 0 spiro atoms. The Balaban J connectivity index is 1.73. The lowest BCUT2D eigenvalue weighted by molar-refractivity contribution is 0.0513. The van der Waals surface area contributed by atoms with Gasteiger partial charge in [0.1, 0.15) is 0 Å². The number of carbonyl (C=O) groups is 1. The van der Waals surface area contributed by atoms with Crippen LogP contribution in [-0.4, -0.2) is 16.2 Å². The van der Waals surface area contributed by atoms with Crippen molar-refractivity contribution in [2.45, 2.75) is 33.6 Å². The highest BCUT2D eigenvalue weighted by Gasteiger charge is 2.33. The summed E-state index contributed by atoms with van der Waals surface area (Å²) in [5.74, 6) is -0.478. The number of benzene rings is 2. The summed E-state index contributed by atoms with van der Waals surface area (Å²) in [7, 11) is 0. The Hall–Kier alpha value is -2.37. The Kier molecular flexibility index (Phi) is 5.60. The Morgan fingerprint density at radius 3 is 2.53 bits per heavy atom. The van der Waals surface area contributed by atoms with E-state index in [1.54, 1.807) is 18.2 Å². The van der Waals surface area contributed by atoms with Crippen LogP contribution in [0.3, 0.4) is 0 Å². The minimum Gasteiger partial charge on any atom is -0.318 e. The van der Waals surface area contributed by atoms with E-state index in [1.165, 1.54) is 5.69 Å². The minimum absolute atomic E-state index is 0.0134. The third-order valence-electron chi connectivity index (χ3n) is 5.31. The van der Waals surface area contributed by atoms with Gasteiger partial charge in [-0.05, 0) is 83.6 Å². The molecule has 1 aromatic heterocycles. The van der Waals surface area contributed by atoms with Gasteiger partial charge < -0.3 is 9.40 Å². The lowest BCUT2D eigenvalue weighted by atomic mass is 9.76. The Morgan fingerprint density at radius 1 is 1.13 bits per heavy atom. The van der Waals surface area contributed by atoms with E-state index < -0.39 is 5.97 Å². The average Bonchev–Trinajstić information content (AvgIpc) is 3.01. The molecule has 0 atom stereocenters. The van der Waals surface area contributed by atoms with Crippen LogP contribution in [0.15, 0.2) is 64.2 Å². The second-order valence-corrected chi connectivity index (χ2v) is 9.66. The van der Waals surface area contributed by atoms with Gasteiger partial charge in [0.25, 0.3) is 0 Å². The third kappa shape index (κ3) is 4.09. The number of aryl methyl sites for hydroxylation is 1. The molecule has 0 unspecified atom stereocenters. The molecule has 154 valence electrons. The molecular formula is C24H22BrClN2O2. The average molecular weight is 486 g/mol. The zero-order valence-corrected chi connectivity index (χ0v) is 19.4. The summed E-state index contributed by atoms with van der Waals surface area (Å²) in [6.07, 6.45) is 1.63. The number of carbonyl (C=O) groups excluding carboxylic acids is 1. The minimum atomic E-state index is -0.478. The quantitative estimate of drug-likeness (QED) is 0.305. The number of hydrogen-bond donors (Lipinski definition) is 0. The molecule has 3 aromatic rings. The summed E-state index contributed by atoms with van der Waals surface area (Å²) in [6, 6.07) is 17.1. The predicted molar refractivity (Wildman–Crippen MR) is 124 cm³/mol. The van der Waals surface area contributed by atoms with Crippen molar-refractivity contribution in [3.05, 3.63) is 86.6 Å². The monoisotopic (exact) mass is 484 g/mol. The van der Waals surface area contributed by atoms with Crippen LogP contribution in [0.4, 0.5) is 0 Å². The number of nitrogens with zero attached hydrogens (tertiary/aromatic N) is 2. The van der Waals surface area contributed by atoms with Gasteiger partial charge in [-0.25, -0.2) is 4.79 Å². The molecule has 30 heavy (non-hydrogen) atoms. The predicted octanol–water partition coefficient (Wildman–Crippen LogP) is 6.74. The van der Waals surface area contributed by atoms with E-state index in [1.807, 2.05) is 30.3 Å². The van der Waals surface area contributed by atoms with Gasteiger partial charge in [-0.15, -0.1) is 0 Å². The van der Waals surface area contributed by atoms with Gasteiger partial charge in [0.2, 0.25) is 0 Å². The van der Waals surface area contributed by atoms with Gasteiger partial charge >= 0.3 is 5.97 Å². The highest BCUT2D eigenvalue weighted by molar-refractivity contribution is 9.10. The topological polar surface area (TPSA) is 43.6 Å². The number of halogens is 2. The molecule has 6 heteroatoms. The van der Waals surface area contributed by atoms with Crippen molar-refractivity contribution < 1.29 is 9.63 Å². The zero-order chi connectivity index (χ0) is 21.5. The second kappa shape index (κ2) is 8.05. The maximum absolute atomic E-state index is 12.5. The van der Waals surface area contributed by atoms with Crippen molar-refractivity contribution in [1.29, 1.82) is 0 Å². The van der Waals surface area contributed by atoms with Crippen molar-refractivity contribution >= 4 is 39.2 Å². The molecule has 0 saturated carbocycles. The highest BCUT2D eigenvalue weighted by atomic mass is 79.9. The van der Waals surface area contributed by atoms with Gasteiger partial charge in [-0.1, -0.05) is 42.7 Å². The summed E-state index contributed by atoms with van der Waals surface area (Å²) >= 11 is 9.47. The van der Waals surface area contributed by atoms with Crippen molar-refractivity contribution in [3.8, 4) is 5.69 Å². The summed E-state index contributed by atoms with van der Waals surface area (Å²) < 4.78 is 2.92. The maximum atomic E-state index is 12.5. The normalized spacial score (nSPS) is 16.4. The first-order valence-electron chi connectivity index (χ1n) is 9.75. The molecule has 1 aliphatic carbocycles. The fourth-order valence-corrected chi connectivity index (χ4v) is 4.55. The molecule has 0 bridgehead atoms. The SMILES string of the molecule is Cc1cc2c(n1-c1ccc(Cl)cc1)CC(C)(C)C/C2=N\OC(=O)c1ccccc1Br. The van der Waals surface area contributed by atoms with Crippen LogP contribution in [0.25, 0.3) is 5.69 Å². The Bertz CT molecular complexity index is 1150. The van der Waals surface area contributed by atoms with Crippen molar-refractivity contribution in [2.75, 3.05) is 0 Å².